The largest absolute Gasteiger partial charge is 0.240 e. The van der Waals surface area contributed by atoms with E-state index >= 15 is 0 Å². The quantitative estimate of drug-likeness (QED) is 0.828. The maximum atomic E-state index is 13.1. The van der Waals surface area contributed by atoms with Crippen molar-refractivity contribution in [3.63, 3.8) is 0 Å². The Bertz CT molecular complexity index is 590. The van der Waals surface area contributed by atoms with E-state index in [9.17, 15) is 4.39 Å². The fraction of sp³-hybridized carbons (Fsp3) is 0.214. The summed E-state index contributed by atoms with van der Waals surface area (Å²) < 4.78 is 13.1. The summed E-state index contributed by atoms with van der Waals surface area (Å²) in [5, 5.41) is 9.00. The second-order valence-electron chi connectivity index (χ2n) is 3.90. The van der Waals surface area contributed by atoms with Gasteiger partial charge in [0.05, 0.1) is 11.8 Å². The van der Waals surface area contributed by atoms with Crippen LogP contribution in [-0.2, 0) is 0 Å². The van der Waals surface area contributed by atoms with Crippen molar-refractivity contribution in [3.8, 4) is 17.3 Å². The lowest BCUT2D eigenvalue weighted by atomic mass is 10.1. The summed E-state index contributed by atoms with van der Waals surface area (Å²) in [7, 11) is 0. The van der Waals surface area contributed by atoms with E-state index in [1.807, 2.05) is 6.92 Å². The molecule has 1 unspecified atom stereocenters. The van der Waals surface area contributed by atoms with E-state index in [-0.39, 0.29) is 11.7 Å². The first kappa shape index (κ1) is 12.2. The van der Waals surface area contributed by atoms with Gasteiger partial charge in [-0.05, 0) is 24.6 Å². The standard InChI is InChI=1S/C14H12FN3/c1-2-10(9-16)14-17-7-6-13(18-14)11-4-3-5-12(15)8-11/h3-8,10H,2H2,1H3. The molecular formula is C14H12FN3. The molecular weight excluding hydrogens is 229 g/mol. The van der Waals surface area contributed by atoms with Crippen LogP contribution < -0.4 is 0 Å². The first-order chi connectivity index (χ1) is 8.74. The number of nitriles is 1. The van der Waals surface area contributed by atoms with Gasteiger partial charge in [0.1, 0.15) is 17.6 Å². The SMILES string of the molecule is CCC(C#N)c1nccc(-c2cccc(F)c2)n1. The third-order valence-corrected chi connectivity index (χ3v) is 2.67. The molecule has 1 aromatic heterocycles. The van der Waals surface area contributed by atoms with Gasteiger partial charge in [0.25, 0.3) is 0 Å². The van der Waals surface area contributed by atoms with E-state index < -0.39 is 0 Å². The predicted molar refractivity (Wildman–Crippen MR) is 66.1 cm³/mol. The Kier molecular flexibility index (Phi) is 3.63. The first-order valence-corrected chi connectivity index (χ1v) is 5.73. The molecule has 0 aliphatic carbocycles. The second kappa shape index (κ2) is 5.37. The average molecular weight is 241 g/mol. The number of nitrogens with zero attached hydrogens (tertiary/aromatic N) is 3. The Morgan fingerprint density at radius 1 is 1.39 bits per heavy atom. The van der Waals surface area contributed by atoms with Gasteiger partial charge < -0.3 is 0 Å². The highest BCUT2D eigenvalue weighted by Crippen LogP contribution is 2.20. The van der Waals surface area contributed by atoms with Crippen LogP contribution >= 0.6 is 0 Å². The lowest BCUT2D eigenvalue weighted by Gasteiger charge is -2.06. The Morgan fingerprint density at radius 3 is 2.89 bits per heavy atom. The van der Waals surface area contributed by atoms with Crippen LogP contribution in [0.1, 0.15) is 25.1 Å². The van der Waals surface area contributed by atoms with Gasteiger partial charge in [-0.1, -0.05) is 19.1 Å². The predicted octanol–water partition coefficient (Wildman–Crippen LogP) is 3.30. The number of aromatic nitrogens is 2. The van der Waals surface area contributed by atoms with Gasteiger partial charge in [-0.15, -0.1) is 0 Å². The molecule has 0 spiro atoms. The highest BCUT2D eigenvalue weighted by atomic mass is 19.1. The van der Waals surface area contributed by atoms with Crippen molar-refractivity contribution in [1.82, 2.24) is 9.97 Å². The van der Waals surface area contributed by atoms with E-state index in [2.05, 4.69) is 16.0 Å². The zero-order valence-corrected chi connectivity index (χ0v) is 9.97. The molecule has 1 heterocycles. The Hall–Kier alpha value is -2.28. The van der Waals surface area contributed by atoms with Crippen molar-refractivity contribution in [3.05, 3.63) is 48.2 Å². The van der Waals surface area contributed by atoms with Crippen LogP contribution in [0.25, 0.3) is 11.3 Å². The smallest absolute Gasteiger partial charge is 0.146 e. The number of benzene rings is 1. The van der Waals surface area contributed by atoms with Crippen LogP contribution in [0.2, 0.25) is 0 Å². The van der Waals surface area contributed by atoms with Crippen LogP contribution in [0.4, 0.5) is 4.39 Å². The highest BCUT2D eigenvalue weighted by Gasteiger charge is 2.12. The molecule has 0 aliphatic rings. The lowest BCUT2D eigenvalue weighted by molar-refractivity contribution is 0.628. The fourth-order valence-electron chi connectivity index (χ4n) is 1.68. The molecule has 90 valence electrons. The van der Waals surface area contributed by atoms with Gasteiger partial charge in [0.15, 0.2) is 0 Å². The molecule has 3 nitrogen and oxygen atoms in total. The van der Waals surface area contributed by atoms with E-state index in [1.165, 1.54) is 12.1 Å². The number of rotatable bonds is 3. The lowest BCUT2D eigenvalue weighted by Crippen LogP contribution is -2.02. The third-order valence-electron chi connectivity index (χ3n) is 2.67. The molecule has 1 aromatic carbocycles. The van der Waals surface area contributed by atoms with Crippen LogP contribution in [0, 0.1) is 17.1 Å². The van der Waals surface area contributed by atoms with E-state index in [4.69, 9.17) is 5.26 Å². The van der Waals surface area contributed by atoms with E-state index in [1.54, 1.807) is 24.4 Å². The van der Waals surface area contributed by atoms with Crippen LogP contribution in [-0.4, -0.2) is 9.97 Å². The molecule has 1 atom stereocenters. The Morgan fingerprint density at radius 2 is 2.22 bits per heavy atom. The molecule has 2 rings (SSSR count). The van der Waals surface area contributed by atoms with Gasteiger partial charge in [-0.2, -0.15) is 5.26 Å². The van der Waals surface area contributed by atoms with Crippen molar-refractivity contribution in [2.75, 3.05) is 0 Å². The fourth-order valence-corrected chi connectivity index (χ4v) is 1.68. The molecule has 0 saturated heterocycles. The number of hydrogen-bond acceptors (Lipinski definition) is 3. The topological polar surface area (TPSA) is 49.6 Å². The summed E-state index contributed by atoms with van der Waals surface area (Å²) in [6, 6.07) is 10.1. The normalized spacial score (nSPS) is 11.8. The monoisotopic (exact) mass is 241 g/mol. The van der Waals surface area contributed by atoms with Crippen molar-refractivity contribution in [2.24, 2.45) is 0 Å². The highest BCUT2D eigenvalue weighted by molar-refractivity contribution is 5.58. The molecule has 0 amide bonds. The molecule has 0 fully saturated rings. The van der Waals surface area contributed by atoms with Gasteiger partial charge in [-0.25, -0.2) is 14.4 Å². The summed E-state index contributed by atoms with van der Waals surface area (Å²) in [5.74, 6) is -0.139. The Balaban J connectivity index is 2.42. The minimum Gasteiger partial charge on any atom is -0.240 e. The van der Waals surface area contributed by atoms with Crippen molar-refractivity contribution < 1.29 is 4.39 Å². The van der Waals surface area contributed by atoms with Crippen molar-refractivity contribution in [1.29, 1.82) is 5.26 Å². The average Bonchev–Trinajstić information content (AvgIpc) is 2.41. The van der Waals surface area contributed by atoms with Crippen LogP contribution in [0.3, 0.4) is 0 Å². The summed E-state index contributed by atoms with van der Waals surface area (Å²) in [5.41, 5.74) is 1.32. The number of hydrogen-bond donors (Lipinski definition) is 0. The maximum absolute atomic E-state index is 13.1. The molecule has 0 aliphatic heterocycles. The third kappa shape index (κ3) is 2.51. The first-order valence-electron chi connectivity index (χ1n) is 5.73. The van der Waals surface area contributed by atoms with Crippen molar-refractivity contribution >= 4 is 0 Å². The van der Waals surface area contributed by atoms with Gasteiger partial charge >= 0.3 is 0 Å². The minimum atomic E-state index is -0.321. The zero-order chi connectivity index (χ0) is 13.0. The van der Waals surface area contributed by atoms with E-state index in [0.717, 1.165) is 0 Å². The molecule has 0 bridgehead atoms. The molecule has 2 aromatic rings. The van der Waals surface area contributed by atoms with E-state index in [0.29, 0.717) is 23.5 Å². The summed E-state index contributed by atoms with van der Waals surface area (Å²) >= 11 is 0. The molecule has 0 N–H and O–H groups in total. The minimum absolute atomic E-state index is 0.306. The molecule has 0 radical (unpaired) electrons. The Labute approximate surface area is 105 Å². The van der Waals surface area contributed by atoms with Gasteiger partial charge in [-0.3, -0.25) is 0 Å². The maximum Gasteiger partial charge on any atom is 0.146 e. The summed E-state index contributed by atoms with van der Waals surface area (Å²) in [6.07, 6.45) is 2.26. The van der Waals surface area contributed by atoms with Crippen molar-refractivity contribution in [2.45, 2.75) is 19.3 Å². The van der Waals surface area contributed by atoms with Crippen LogP contribution in [0.5, 0.6) is 0 Å². The molecule has 0 saturated carbocycles. The molecule has 4 heteroatoms. The van der Waals surface area contributed by atoms with Gasteiger partial charge in [0, 0.05) is 11.8 Å². The summed E-state index contributed by atoms with van der Waals surface area (Å²) in [4.78, 5) is 8.43. The summed E-state index contributed by atoms with van der Waals surface area (Å²) in [6.45, 7) is 1.91. The zero-order valence-electron chi connectivity index (χ0n) is 9.97. The van der Waals surface area contributed by atoms with Gasteiger partial charge in [0.2, 0.25) is 0 Å². The second-order valence-corrected chi connectivity index (χ2v) is 3.90. The number of halogens is 1. The van der Waals surface area contributed by atoms with Crippen LogP contribution in [0.15, 0.2) is 36.5 Å². The molecule has 18 heavy (non-hydrogen) atoms.